The number of alkyl halides is 3. The summed E-state index contributed by atoms with van der Waals surface area (Å²) in [5, 5.41) is 3.46. The average molecular weight is 465 g/mol. The summed E-state index contributed by atoms with van der Waals surface area (Å²) in [6, 6.07) is 10.7. The molecule has 1 amide bonds. The summed E-state index contributed by atoms with van der Waals surface area (Å²) in [7, 11) is 0. The number of amides is 1. The maximum atomic E-state index is 13.7. The van der Waals surface area contributed by atoms with Crippen LogP contribution in [0.4, 0.5) is 17.6 Å². The minimum absolute atomic E-state index is 0.0158. The Labute approximate surface area is 190 Å². The highest BCUT2D eigenvalue weighted by molar-refractivity contribution is 5.79. The van der Waals surface area contributed by atoms with E-state index in [1.807, 2.05) is 13.0 Å². The minimum atomic E-state index is -4.81. The van der Waals surface area contributed by atoms with Crippen molar-refractivity contribution in [2.24, 2.45) is 5.41 Å². The van der Waals surface area contributed by atoms with Crippen molar-refractivity contribution in [3.8, 4) is 5.75 Å². The van der Waals surface area contributed by atoms with E-state index in [9.17, 15) is 22.4 Å². The van der Waals surface area contributed by atoms with Crippen molar-refractivity contribution in [1.82, 2.24) is 10.2 Å². The average Bonchev–Trinajstić information content (AvgIpc) is 2.75. The van der Waals surface area contributed by atoms with Gasteiger partial charge >= 0.3 is 6.36 Å². The molecule has 0 radical (unpaired) electrons. The lowest BCUT2D eigenvalue weighted by Crippen LogP contribution is -2.51. The first-order chi connectivity index (χ1) is 15.7. The number of aryl methyl sites for hydroxylation is 1. The van der Waals surface area contributed by atoms with Gasteiger partial charge in [0.05, 0.1) is 6.42 Å². The Balaban J connectivity index is 1.45. The van der Waals surface area contributed by atoms with Gasteiger partial charge in [0.15, 0.2) is 0 Å². The molecule has 0 aliphatic carbocycles. The van der Waals surface area contributed by atoms with Gasteiger partial charge < -0.3 is 15.0 Å². The number of hydrogen-bond acceptors (Lipinski definition) is 3. The molecule has 1 spiro atoms. The quantitative estimate of drug-likeness (QED) is 0.651. The van der Waals surface area contributed by atoms with E-state index in [1.165, 1.54) is 24.3 Å². The number of hydrogen-bond donors (Lipinski definition) is 1. The first-order valence-corrected chi connectivity index (χ1v) is 11.3. The van der Waals surface area contributed by atoms with Gasteiger partial charge in [-0.3, -0.25) is 4.79 Å². The lowest BCUT2D eigenvalue weighted by atomic mass is 9.62. The summed E-state index contributed by atoms with van der Waals surface area (Å²) in [4.78, 5) is 14.7. The van der Waals surface area contributed by atoms with E-state index in [2.05, 4.69) is 10.1 Å². The first kappa shape index (κ1) is 23.5. The van der Waals surface area contributed by atoms with Gasteiger partial charge in [0, 0.05) is 31.1 Å². The molecule has 2 heterocycles. The van der Waals surface area contributed by atoms with Crippen LogP contribution in [0.2, 0.25) is 0 Å². The number of halogens is 4. The first-order valence-electron chi connectivity index (χ1n) is 11.3. The summed E-state index contributed by atoms with van der Waals surface area (Å²) in [5.74, 6) is -0.558. The van der Waals surface area contributed by atoms with Gasteiger partial charge in [-0.25, -0.2) is 4.39 Å². The molecule has 1 atom stereocenters. The second-order valence-corrected chi connectivity index (χ2v) is 9.08. The van der Waals surface area contributed by atoms with Crippen LogP contribution in [-0.2, 0) is 11.2 Å². The molecule has 2 aliphatic heterocycles. The maximum Gasteiger partial charge on any atom is 0.573 e. The van der Waals surface area contributed by atoms with Gasteiger partial charge in [-0.05, 0) is 67.5 Å². The number of carbonyl (C=O) groups is 1. The fourth-order valence-electron chi connectivity index (χ4n) is 5.39. The molecule has 2 aromatic carbocycles. The number of nitrogens with zero attached hydrogens (tertiary/aromatic N) is 1. The second kappa shape index (κ2) is 9.33. The lowest BCUT2D eigenvalue weighted by molar-refractivity contribution is -0.274. The zero-order valence-electron chi connectivity index (χ0n) is 18.6. The zero-order chi connectivity index (χ0) is 23.6. The molecule has 2 aromatic rings. The number of ether oxygens (including phenoxy) is 1. The molecule has 2 fully saturated rings. The van der Waals surface area contributed by atoms with Crippen LogP contribution in [0.5, 0.6) is 5.75 Å². The molecule has 1 N–H and O–H groups in total. The van der Waals surface area contributed by atoms with Crippen molar-refractivity contribution in [3.63, 3.8) is 0 Å². The summed E-state index contributed by atoms with van der Waals surface area (Å²) in [6.45, 7) is 4.74. The van der Waals surface area contributed by atoms with Crippen LogP contribution in [0, 0.1) is 18.2 Å². The Hall–Kier alpha value is -2.61. The molecule has 2 aliphatic rings. The van der Waals surface area contributed by atoms with Gasteiger partial charge in [0.25, 0.3) is 0 Å². The predicted molar refractivity (Wildman–Crippen MR) is 116 cm³/mol. The van der Waals surface area contributed by atoms with E-state index >= 15 is 0 Å². The topological polar surface area (TPSA) is 41.6 Å². The molecular weight excluding hydrogens is 436 g/mol. The van der Waals surface area contributed by atoms with E-state index in [4.69, 9.17) is 0 Å². The van der Waals surface area contributed by atoms with Gasteiger partial charge in [-0.15, -0.1) is 13.2 Å². The number of likely N-dealkylation sites (tertiary alicyclic amines) is 1. The standard InChI is InChI=1S/C25H28F4N2O2/c1-17-14-19(26)6-7-20(17)21-16-30-11-8-24(21)9-12-31(13-10-24)23(32)15-18-4-2-3-5-22(18)33-25(27,28)29/h2-7,14,21,30H,8-13,15-16H2,1H3/t21-/m0/s1. The van der Waals surface area contributed by atoms with E-state index < -0.39 is 6.36 Å². The zero-order valence-corrected chi connectivity index (χ0v) is 18.6. The van der Waals surface area contributed by atoms with Crippen molar-refractivity contribution < 1.29 is 27.1 Å². The monoisotopic (exact) mass is 464 g/mol. The van der Waals surface area contributed by atoms with Crippen LogP contribution in [-0.4, -0.2) is 43.3 Å². The SMILES string of the molecule is Cc1cc(F)ccc1[C@@H]1CNCCC12CCN(C(=O)Cc1ccccc1OC(F)(F)F)CC2. The van der Waals surface area contributed by atoms with E-state index in [-0.39, 0.29) is 40.8 Å². The summed E-state index contributed by atoms with van der Waals surface area (Å²) in [6.07, 6.45) is -2.36. The third-order valence-electron chi connectivity index (χ3n) is 7.15. The Morgan fingerprint density at radius 3 is 2.58 bits per heavy atom. The molecule has 0 unspecified atom stereocenters. The van der Waals surface area contributed by atoms with Crippen molar-refractivity contribution in [1.29, 1.82) is 0 Å². The van der Waals surface area contributed by atoms with Crippen LogP contribution in [0.1, 0.15) is 41.9 Å². The van der Waals surface area contributed by atoms with E-state index in [0.29, 0.717) is 13.1 Å². The predicted octanol–water partition coefficient (Wildman–Crippen LogP) is 4.96. The molecule has 4 rings (SSSR count). The molecule has 178 valence electrons. The van der Waals surface area contributed by atoms with E-state index in [0.717, 1.165) is 43.5 Å². The van der Waals surface area contributed by atoms with Crippen LogP contribution in [0.15, 0.2) is 42.5 Å². The Morgan fingerprint density at radius 2 is 1.88 bits per heavy atom. The summed E-state index contributed by atoms with van der Waals surface area (Å²) < 4.78 is 55.8. The van der Waals surface area contributed by atoms with E-state index in [1.54, 1.807) is 17.0 Å². The summed E-state index contributed by atoms with van der Waals surface area (Å²) in [5.41, 5.74) is 2.31. The third kappa shape index (κ3) is 5.32. The molecule has 33 heavy (non-hydrogen) atoms. The van der Waals surface area contributed by atoms with Gasteiger partial charge in [0.1, 0.15) is 11.6 Å². The van der Waals surface area contributed by atoms with Crippen LogP contribution in [0.25, 0.3) is 0 Å². The lowest BCUT2D eigenvalue weighted by Gasteiger charge is -2.50. The Kier molecular flexibility index (Phi) is 6.66. The fraction of sp³-hybridized carbons (Fsp3) is 0.480. The number of nitrogens with one attached hydrogen (secondary N) is 1. The fourth-order valence-corrected chi connectivity index (χ4v) is 5.39. The van der Waals surface area contributed by atoms with Gasteiger partial charge in [-0.1, -0.05) is 24.3 Å². The molecular formula is C25H28F4N2O2. The second-order valence-electron chi connectivity index (χ2n) is 9.08. The number of piperidine rings is 2. The van der Waals surface area contributed by atoms with Crippen molar-refractivity contribution in [2.75, 3.05) is 26.2 Å². The molecule has 0 aromatic heterocycles. The highest BCUT2D eigenvalue weighted by Crippen LogP contribution is 2.49. The number of rotatable bonds is 4. The van der Waals surface area contributed by atoms with Crippen molar-refractivity contribution in [2.45, 2.75) is 44.9 Å². The summed E-state index contributed by atoms with van der Waals surface area (Å²) >= 11 is 0. The molecule has 4 nitrogen and oxygen atoms in total. The van der Waals surface area contributed by atoms with Crippen LogP contribution >= 0.6 is 0 Å². The largest absolute Gasteiger partial charge is 0.573 e. The molecule has 2 saturated heterocycles. The molecule has 0 saturated carbocycles. The minimum Gasteiger partial charge on any atom is -0.405 e. The smallest absolute Gasteiger partial charge is 0.405 e. The van der Waals surface area contributed by atoms with Gasteiger partial charge in [-0.2, -0.15) is 0 Å². The van der Waals surface area contributed by atoms with Crippen molar-refractivity contribution in [3.05, 3.63) is 65.0 Å². The van der Waals surface area contributed by atoms with Crippen LogP contribution < -0.4 is 10.1 Å². The highest BCUT2D eigenvalue weighted by atomic mass is 19.4. The third-order valence-corrected chi connectivity index (χ3v) is 7.15. The van der Waals surface area contributed by atoms with Gasteiger partial charge in [0.2, 0.25) is 5.91 Å². The number of carbonyl (C=O) groups excluding carboxylic acids is 1. The Bertz CT molecular complexity index is 1000. The van der Waals surface area contributed by atoms with Crippen LogP contribution in [0.3, 0.4) is 0 Å². The highest BCUT2D eigenvalue weighted by Gasteiger charge is 2.44. The van der Waals surface area contributed by atoms with Crippen molar-refractivity contribution >= 4 is 5.91 Å². The Morgan fingerprint density at radius 1 is 1.15 bits per heavy atom. The molecule has 8 heteroatoms. The molecule has 0 bridgehead atoms. The number of para-hydroxylation sites is 1. The number of benzene rings is 2. The maximum absolute atomic E-state index is 13.7. The normalized spacial score (nSPS) is 20.6.